The van der Waals surface area contributed by atoms with Crippen molar-refractivity contribution in [2.45, 2.75) is 46.5 Å². The molecule has 2 aromatic heterocycles. The molecule has 0 aliphatic heterocycles. The van der Waals surface area contributed by atoms with Crippen LogP contribution in [-0.2, 0) is 6.42 Å². The van der Waals surface area contributed by atoms with E-state index in [0.717, 1.165) is 29.9 Å². The van der Waals surface area contributed by atoms with Gasteiger partial charge in [0.2, 0.25) is 0 Å². The summed E-state index contributed by atoms with van der Waals surface area (Å²) in [5, 5.41) is 0.441. The third kappa shape index (κ3) is 3.59. The molecule has 0 saturated heterocycles. The standard InChI is InChI=1S/C17H20ClFN2/c1-10-5-7-12(3)21-17(10)11(2)6-8-15-16(18)13(4)14(19)9-20-15/h5,7,9,11H,6,8H2,1-4H3. The highest BCUT2D eigenvalue weighted by molar-refractivity contribution is 6.31. The maximum atomic E-state index is 13.4. The molecule has 21 heavy (non-hydrogen) atoms. The topological polar surface area (TPSA) is 25.8 Å². The summed E-state index contributed by atoms with van der Waals surface area (Å²) in [5.74, 6) is -0.0406. The minimum Gasteiger partial charge on any atom is -0.258 e. The summed E-state index contributed by atoms with van der Waals surface area (Å²) >= 11 is 6.17. The van der Waals surface area contributed by atoms with Gasteiger partial charge < -0.3 is 0 Å². The zero-order chi connectivity index (χ0) is 15.6. The van der Waals surface area contributed by atoms with E-state index in [2.05, 4.69) is 29.9 Å². The molecule has 0 saturated carbocycles. The zero-order valence-corrected chi connectivity index (χ0v) is 13.6. The highest BCUT2D eigenvalue weighted by atomic mass is 35.5. The van der Waals surface area contributed by atoms with E-state index in [1.165, 1.54) is 11.8 Å². The molecule has 2 nitrogen and oxygen atoms in total. The summed E-state index contributed by atoms with van der Waals surface area (Å²) in [7, 11) is 0. The van der Waals surface area contributed by atoms with Gasteiger partial charge in [0.05, 0.1) is 16.9 Å². The first kappa shape index (κ1) is 15.9. The van der Waals surface area contributed by atoms with Crippen molar-refractivity contribution in [1.82, 2.24) is 9.97 Å². The van der Waals surface area contributed by atoms with E-state index >= 15 is 0 Å². The summed E-state index contributed by atoms with van der Waals surface area (Å²) in [6, 6.07) is 4.12. The molecule has 0 fully saturated rings. The fraction of sp³-hybridized carbons (Fsp3) is 0.412. The van der Waals surface area contributed by atoms with Gasteiger partial charge in [0, 0.05) is 17.0 Å². The van der Waals surface area contributed by atoms with Gasteiger partial charge in [0.1, 0.15) is 5.82 Å². The Hall–Kier alpha value is -1.48. The normalized spacial score (nSPS) is 12.5. The number of aryl methyl sites for hydroxylation is 3. The van der Waals surface area contributed by atoms with Crippen LogP contribution in [0.4, 0.5) is 4.39 Å². The Morgan fingerprint density at radius 1 is 1.24 bits per heavy atom. The molecule has 0 aromatic carbocycles. The molecule has 0 aliphatic carbocycles. The summed E-state index contributed by atoms with van der Waals surface area (Å²) in [5.41, 5.74) is 4.57. The second-order valence-corrected chi connectivity index (χ2v) is 5.96. The Labute approximate surface area is 130 Å². The van der Waals surface area contributed by atoms with Gasteiger partial charge in [-0.3, -0.25) is 9.97 Å². The maximum absolute atomic E-state index is 13.4. The van der Waals surface area contributed by atoms with Gasteiger partial charge in [-0.15, -0.1) is 0 Å². The van der Waals surface area contributed by atoms with Crippen LogP contribution < -0.4 is 0 Å². The number of halogens is 2. The molecule has 4 heteroatoms. The zero-order valence-electron chi connectivity index (χ0n) is 12.9. The number of pyridine rings is 2. The van der Waals surface area contributed by atoms with Crippen molar-refractivity contribution in [3.8, 4) is 0 Å². The van der Waals surface area contributed by atoms with Crippen molar-refractivity contribution in [2.75, 3.05) is 0 Å². The lowest BCUT2D eigenvalue weighted by Crippen LogP contribution is -2.05. The van der Waals surface area contributed by atoms with Gasteiger partial charge in [-0.05, 0) is 51.2 Å². The molecule has 1 unspecified atom stereocenters. The number of nitrogens with zero attached hydrogens (tertiary/aromatic N) is 2. The van der Waals surface area contributed by atoms with Crippen LogP contribution in [0, 0.1) is 26.6 Å². The molecule has 0 N–H and O–H groups in total. The predicted molar refractivity (Wildman–Crippen MR) is 84.4 cm³/mol. The lowest BCUT2D eigenvalue weighted by molar-refractivity contribution is 0.604. The number of aromatic nitrogens is 2. The molecule has 2 aromatic rings. The smallest absolute Gasteiger partial charge is 0.145 e. The van der Waals surface area contributed by atoms with Crippen LogP contribution in [-0.4, -0.2) is 9.97 Å². The first-order valence-corrected chi connectivity index (χ1v) is 7.51. The van der Waals surface area contributed by atoms with Crippen LogP contribution in [0.2, 0.25) is 5.02 Å². The van der Waals surface area contributed by atoms with Crippen LogP contribution in [0.1, 0.15) is 47.5 Å². The Morgan fingerprint density at radius 3 is 2.67 bits per heavy atom. The lowest BCUT2D eigenvalue weighted by atomic mass is 9.96. The molecular formula is C17H20ClFN2. The summed E-state index contributed by atoms with van der Waals surface area (Å²) < 4.78 is 13.4. The molecular weight excluding hydrogens is 287 g/mol. The minimum atomic E-state index is -0.354. The Bertz CT molecular complexity index is 655. The van der Waals surface area contributed by atoms with Crippen molar-refractivity contribution < 1.29 is 4.39 Å². The Balaban J connectivity index is 2.13. The minimum absolute atomic E-state index is 0.313. The van der Waals surface area contributed by atoms with Crippen molar-refractivity contribution in [2.24, 2.45) is 0 Å². The van der Waals surface area contributed by atoms with Gasteiger partial charge in [0.15, 0.2) is 0 Å². The van der Waals surface area contributed by atoms with Crippen molar-refractivity contribution in [3.63, 3.8) is 0 Å². The quantitative estimate of drug-likeness (QED) is 0.800. The van der Waals surface area contributed by atoms with Gasteiger partial charge in [-0.25, -0.2) is 4.39 Å². The molecule has 112 valence electrons. The van der Waals surface area contributed by atoms with Crippen LogP contribution >= 0.6 is 11.6 Å². The molecule has 0 radical (unpaired) electrons. The van der Waals surface area contributed by atoms with Crippen molar-refractivity contribution >= 4 is 11.6 Å². The van der Waals surface area contributed by atoms with Gasteiger partial charge in [-0.2, -0.15) is 0 Å². The first-order chi connectivity index (χ1) is 9.90. The highest BCUT2D eigenvalue weighted by Crippen LogP contribution is 2.26. The molecule has 0 bridgehead atoms. The number of hydrogen-bond donors (Lipinski definition) is 0. The van der Waals surface area contributed by atoms with E-state index < -0.39 is 0 Å². The Kier molecular flexibility index (Phi) is 4.94. The average Bonchev–Trinajstić information content (AvgIpc) is 2.46. The number of hydrogen-bond acceptors (Lipinski definition) is 2. The summed E-state index contributed by atoms with van der Waals surface area (Å²) in [6.07, 6.45) is 2.85. The van der Waals surface area contributed by atoms with E-state index in [9.17, 15) is 4.39 Å². The molecule has 0 amide bonds. The van der Waals surface area contributed by atoms with Crippen LogP contribution in [0.25, 0.3) is 0 Å². The SMILES string of the molecule is Cc1ccc(C)c(C(C)CCc2ncc(F)c(C)c2Cl)n1. The highest BCUT2D eigenvalue weighted by Gasteiger charge is 2.14. The van der Waals surface area contributed by atoms with E-state index in [1.807, 2.05) is 13.0 Å². The fourth-order valence-corrected chi connectivity index (χ4v) is 2.65. The van der Waals surface area contributed by atoms with Crippen molar-refractivity contribution in [1.29, 1.82) is 0 Å². The lowest BCUT2D eigenvalue weighted by Gasteiger charge is -2.15. The van der Waals surface area contributed by atoms with Gasteiger partial charge in [0.25, 0.3) is 0 Å². The second kappa shape index (κ2) is 6.52. The number of rotatable bonds is 4. The van der Waals surface area contributed by atoms with Crippen molar-refractivity contribution in [3.05, 3.63) is 57.4 Å². The van der Waals surface area contributed by atoms with E-state index in [-0.39, 0.29) is 5.82 Å². The first-order valence-electron chi connectivity index (χ1n) is 7.13. The molecule has 2 rings (SSSR count). The Morgan fingerprint density at radius 2 is 1.95 bits per heavy atom. The second-order valence-electron chi connectivity index (χ2n) is 5.59. The largest absolute Gasteiger partial charge is 0.258 e. The van der Waals surface area contributed by atoms with Gasteiger partial charge in [-0.1, -0.05) is 24.6 Å². The molecule has 2 heterocycles. The third-order valence-corrected chi connectivity index (χ3v) is 4.33. The van der Waals surface area contributed by atoms with Crippen LogP contribution in [0.15, 0.2) is 18.3 Å². The molecule has 0 spiro atoms. The van der Waals surface area contributed by atoms with Gasteiger partial charge >= 0.3 is 0 Å². The summed E-state index contributed by atoms with van der Waals surface area (Å²) in [6.45, 7) is 7.90. The molecule has 1 atom stereocenters. The maximum Gasteiger partial charge on any atom is 0.145 e. The van der Waals surface area contributed by atoms with E-state index in [4.69, 9.17) is 11.6 Å². The molecule has 0 aliphatic rings. The summed E-state index contributed by atoms with van der Waals surface area (Å²) in [4.78, 5) is 8.74. The predicted octanol–water partition coefficient (Wildman–Crippen LogP) is 4.93. The fourth-order valence-electron chi connectivity index (χ4n) is 2.42. The third-order valence-electron chi connectivity index (χ3n) is 3.83. The van der Waals surface area contributed by atoms with E-state index in [0.29, 0.717) is 16.5 Å². The van der Waals surface area contributed by atoms with Crippen LogP contribution in [0.5, 0.6) is 0 Å². The van der Waals surface area contributed by atoms with Crippen LogP contribution in [0.3, 0.4) is 0 Å². The van der Waals surface area contributed by atoms with E-state index in [1.54, 1.807) is 6.92 Å². The monoisotopic (exact) mass is 306 g/mol. The average molecular weight is 307 g/mol.